The Morgan fingerprint density at radius 3 is 2.36 bits per heavy atom. The van der Waals surface area contributed by atoms with Gasteiger partial charge in [0, 0.05) is 12.6 Å². The highest BCUT2D eigenvalue weighted by Crippen LogP contribution is 2.27. The number of ketones is 1. The number of Topliss-reactive ketones (excluding diaryl/α,β-unsaturated/α-hetero) is 1. The van der Waals surface area contributed by atoms with E-state index >= 15 is 0 Å². The number of benzene rings is 2. The van der Waals surface area contributed by atoms with Gasteiger partial charge in [-0.2, -0.15) is 4.68 Å². The van der Waals surface area contributed by atoms with Crippen molar-refractivity contribution in [1.29, 1.82) is 0 Å². The van der Waals surface area contributed by atoms with E-state index in [2.05, 4.69) is 15.5 Å². The Labute approximate surface area is 196 Å². The number of hydrogen-bond acceptors (Lipinski definition) is 6. The van der Waals surface area contributed by atoms with Crippen LogP contribution in [0.1, 0.15) is 39.7 Å². The van der Waals surface area contributed by atoms with Gasteiger partial charge in [-0.1, -0.05) is 36.0 Å². The zero-order valence-electron chi connectivity index (χ0n) is 19.5. The van der Waals surface area contributed by atoms with E-state index in [0.29, 0.717) is 22.1 Å². The molecule has 4 rings (SSSR count). The topological polar surface area (TPSA) is 87.6 Å². The van der Waals surface area contributed by atoms with Gasteiger partial charge in [0.1, 0.15) is 0 Å². The van der Waals surface area contributed by atoms with Crippen LogP contribution in [0.5, 0.6) is 0 Å². The minimum atomic E-state index is -0.434. The summed E-state index contributed by atoms with van der Waals surface area (Å²) in [6.07, 6.45) is 0. The van der Waals surface area contributed by atoms with Crippen LogP contribution in [0.25, 0.3) is 11.4 Å². The predicted molar refractivity (Wildman–Crippen MR) is 129 cm³/mol. The first kappa shape index (κ1) is 22.7. The average molecular weight is 463 g/mol. The maximum atomic E-state index is 13.4. The second-order valence-electron chi connectivity index (χ2n) is 8.16. The molecule has 1 unspecified atom stereocenters. The molecule has 0 N–H and O–H groups in total. The van der Waals surface area contributed by atoms with Crippen LogP contribution in [0, 0.1) is 27.7 Å². The normalized spacial score (nSPS) is 12.2. The lowest BCUT2D eigenvalue weighted by atomic mass is 9.97. The highest BCUT2D eigenvalue weighted by molar-refractivity contribution is 8.00. The van der Waals surface area contributed by atoms with Crippen molar-refractivity contribution < 1.29 is 4.79 Å². The standard InChI is InChI=1S/C24H26N6O2S/c1-14-12-16(3)20(13-15(14)2)22(31)18(5)33-24-25-26-27-29(24)21-17(4)28(6)30(23(21)32)19-10-8-7-9-11-19/h7-13,18H,1-6H3. The highest BCUT2D eigenvalue weighted by Gasteiger charge is 2.26. The van der Waals surface area contributed by atoms with Gasteiger partial charge >= 0.3 is 0 Å². The summed E-state index contributed by atoms with van der Waals surface area (Å²) >= 11 is 1.24. The smallest absolute Gasteiger partial charge is 0.293 e. The molecule has 0 amide bonds. The molecule has 0 saturated heterocycles. The molecular weight excluding hydrogens is 436 g/mol. The number of aryl methyl sites for hydroxylation is 3. The van der Waals surface area contributed by atoms with E-state index in [1.54, 1.807) is 9.36 Å². The van der Waals surface area contributed by atoms with Crippen molar-refractivity contribution in [3.05, 3.63) is 80.8 Å². The summed E-state index contributed by atoms with van der Waals surface area (Å²) in [7, 11) is 1.82. The van der Waals surface area contributed by atoms with Crippen molar-refractivity contribution in [2.75, 3.05) is 0 Å². The number of aromatic nitrogens is 6. The quantitative estimate of drug-likeness (QED) is 0.320. The van der Waals surface area contributed by atoms with Crippen LogP contribution in [0.15, 0.2) is 52.4 Å². The first-order chi connectivity index (χ1) is 15.7. The number of carbonyl (C=O) groups excluding carboxylic acids is 1. The molecule has 2 heterocycles. The molecule has 33 heavy (non-hydrogen) atoms. The molecule has 2 aromatic carbocycles. The number of nitrogens with zero attached hydrogens (tertiary/aromatic N) is 6. The van der Waals surface area contributed by atoms with Crippen molar-refractivity contribution >= 4 is 17.5 Å². The second kappa shape index (κ2) is 8.82. The van der Waals surface area contributed by atoms with E-state index in [1.165, 1.54) is 16.4 Å². The van der Waals surface area contributed by atoms with Crippen LogP contribution < -0.4 is 5.56 Å². The number of hydrogen-bond donors (Lipinski definition) is 0. The fourth-order valence-corrected chi connectivity index (χ4v) is 4.71. The molecule has 0 aliphatic carbocycles. The summed E-state index contributed by atoms with van der Waals surface area (Å²) in [5.41, 5.74) is 5.45. The summed E-state index contributed by atoms with van der Waals surface area (Å²) < 4.78 is 4.78. The molecule has 4 aromatic rings. The monoisotopic (exact) mass is 462 g/mol. The lowest BCUT2D eigenvalue weighted by molar-refractivity contribution is 0.0993. The van der Waals surface area contributed by atoms with Crippen molar-refractivity contribution in [2.45, 2.75) is 45.0 Å². The van der Waals surface area contributed by atoms with Crippen LogP contribution in [0.4, 0.5) is 0 Å². The Balaban J connectivity index is 1.70. The van der Waals surface area contributed by atoms with E-state index < -0.39 is 5.25 Å². The molecule has 0 aliphatic rings. The maximum absolute atomic E-state index is 13.4. The number of rotatable bonds is 6. The summed E-state index contributed by atoms with van der Waals surface area (Å²) in [5.74, 6) is 0.00151. The van der Waals surface area contributed by atoms with Gasteiger partial charge in [-0.15, -0.1) is 5.10 Å². The molecule has 170 valence electrons. The molecule has 0 fully saturated rings. The lowest BCUT2D eigenvalue weighted by Gasteiger charge is -2.13. The van der Waals surface area contributed by atoms with E-state index in [-0.39, 0.29) is 11.3 Å². The van der Waals surface area contributed by atoms with Gasteiger partial charge < -0.3 is 0 Å². The summed E-state index contributed by atoms with van der Waals surface area (Å²) in [6.45, 7) is 9.66. The van der Waals surface area contributed by atoms with Crippen molar-refractivity contribution in [2.24, 2.45) is 7.05 Å². The maximum Gasteiger partial charge on any atom is 0.297 e. The van der Waals surface area contributed by atoms with Gasteiger partial charge in [-0.3, -0.25) is 14.3 Å². The second-order valence-corrected chi connectivity index (χ2v) is 9.47. The number of para-hydroxylation sites is 1. The van der Waals surface area contributed by atoms with Crippen LogP contribution in [-0.2, 0) is 7.05 Å². The van der Waals surface area contributed by atoms with E-state index in [4.69, 9.17) is 0 Å². The molecule has 9 heteroatoms. The third-order valence-corrected chi connectivity index (χ3v) is 6.97. The first-order valence-corrected chi connectivity index (χ1v) is 11.5. The minimum absolute atomic E-state index is 0.00151. The van der Waals surface area contributed by atoms with Crippen molar-refractivity contribution in [1.82, 2.24) is 29.6 Å². The largest absolute Gasteiger partial charge is 0.297 e. The summed E-state index contributed by atoms with van der Waals surface area (Å²) in [4.78, 5) is 26.6. The number of tetrazole rings is 1. The van der Waals surface area contributed by atoms with Crippen LogP contribution in [-0.4, -0.2) is 40.6 Å². The van der Waals surface area contributed by atoms with Crippen LogP contribution in [0.2, 0.25) is 0 Å². The SMILES string of the molecule is Cc1cc(C)c(C(=O)C(C)Sc2nnnn2-c2c(C)n(C)n(-c3ccccc3)c2=O)cc1C. The van der Waals surface area contributed by atoms with Crippen LogP contribution in [0.3, 0.4) is 0 Å². The fourth-order valence-electron chi connectivity index (χ4n) is 3.85. The predicted octanol–water partition coefficient (Wildman–Crippen LogP) is 3.75. The molecule has 0 bridgehead atoms. The molecule has 1 atom stereocenters. The average Bonchev–Trinajstić information content (AvgIpc) is 3.32. The van der Waals surface area contributed by atoms with Gasteiger partial charge in [0.2, 0.25) is 5.16 Å². The Bertz CT molecular complexity index is 1400. The fraction of sp³-hybridized carbons (Fsp3) is 0.292. The molecule has 0 aliphatic heterocycles. The van der Waals surface area contributed by atoms with Gasteiger partial charge in [-0.25, -0.2) is 4.68 Å². The lowest BCUT2D eigenvalue weighted by Crippen LogP contribution is -2.22. The first-order valence-electron chi connectivity index (χ1n) is 10.6. The van der Waals surface area contributed by atoms with E-state index in [9.17, 15) is 9.59 Å². The highest BCUT2D eigenvalue weighted by atomic mass is 32.2. The zero-order chi connectivity index (χ0) is 23.9. The third kappa shape index (κ3) is 4.04. The Morgan fingerprint density at radius 1 is 1.00 bits per heavy atom. The third-order valence-electron chi connectivity index (χ3n) is 5.93. The molecule has 8 nitrogen and oxygen atoms in total. The molecule has 0 spiro atoms. The number of thioether (sulfide) groups is 1. The Morgan fingerprint density at radius 2 is 1.67 bits per heavy atom. The van der Waals surface area contributed by atoms with Gasteiger partial charge in [-0.05, 0) is 79.9 Å². The van der Waals surface area contributed by atoms with E-state index in [0.717, 1.165) is 22.4 Å². The van der Waals surface area contributed by atoms with Gasteiger partial charge in [0.25, 0.3) is 5.56 Å². The van der Waals surface area contributed by atoms with Crippen LogP contribution >= 0.6 is 11.8 Å². The Hall–Kier alpha value is -3.46. The van der Waals surface area contributed by atoms with Gasteiger partial charge in [0.05, 0.1) is 16.6 Å². The Kier molecular flexibility index (Phi) is 6.07. The summed E-state index contributed by atoms with van der Waals surface area (Å²) in [6, 6.07) is 13.4. The van der Waals surface area contributed by atoms with E-state index in [1.807, 2.05) is 84.1 Å². The number of carbonyl (C=O) groups is 1. The van der Waals surface area contributed by atoms with Crippen molar-refractivity contribution in [3.8, 4) is 11.4 Å². The molecule has 0 saturated carbocycles. The van der Waals surface area contributed by atoms with Gasteiger partial charge in [0.15, 0.2) is 11.5 Å². The molecule has 2 aromatic heterocycles. The van der Waals surface area contributed by atoms with Crippen molar-refractivity contribution in [3.63, 3.8) is 0 Å². The minimum Gasteiger partial charge on any atom is -0.293 e. The summed E-state index contributed by atoms with van der Waals surface area (Å²) in [5, 5.41) is 11.9. The molecule has 0 radical (unpaired) electrons. The molecular formula is C24H26N6O2S. The zero-order valence-corrected chi connectivity index (χ0v) is 20.3.